The Bertz CT molecular complexity index is 160. The van der Waals surface area contributed by atoms with Crippen molar-refractivity contribution in [3.05, 3.63) is 0 Å². The lowest BCUT2D eigenvalue weighted by Gasteiger charge is -1.97. The molecule has 0 fully saturated rings. The van der Waals surface area contributed by atoms with E-state index in [9.17, 15) is 9.59 Å². The second-order valence-electron chi connectivity index (χ2n) is 1.18. The van der Waals surface area contributed by atoms with Crippen molar-refractivity contribution in [3.8, 4) is 6.07 Å². The molecule has 5 heteroatoms. The van der Waals surface area contributed by atoms with Crippen molar-refractivity contribution in [2.75, 3.05) is 0 Å². The topological polar surface area (TPSA) is 90.2 Å². The molecule has 0 radical (unpaired) electrons. The van der Waals surface area contributed by atoms with Gasteiger partial charge in [0.15, 0.2) is 0 Å². The van der Waals surface area contributed by atoms with E-state index in [0.717, 1.165) is 0 Å². The van der Waals surface area contributed by atoms with E-state index in [4.69, 9.17) is 10.4 Å². The third-order valence-electron chi connectivity index (χ3n) is 0.611. The maximum atomic E-state index is 9.88. The Hall–Kier alpha value is -1.57. The lowest BCUT2D eigenvalue weighted by atomic mass is 10.3. The zero-order valence-electron chi connectivity index (χ0n) is 4.37. The number of hydrogen-bond donors (Lipinski definition) is 2. The Labute approximate surface area is 50.9 Å². The van der Waals surface area contributed by atoms with Crippen molar-refractivity contribution in [2.45, 2.75) is 6.04 Å². The predicted molar refractivity (Wildman–Crippen MR) is 26.2 cm³/mol. The van der Waals surface area contributed by atoms with Crippen LogP contribution in [-0.2, 0) is 9.59 Å². The monoisotopic (exact) mass is 128 g/mol. The number of carbonyl (C=O) groups excluding carboxylic acids is 1. The molecule has 1 unspecified atom stereocenters. The molecule has 0 bridgehead atoms. The molecule has 9 heavy (non-hydrogen) atoms. The molecule has 0 rings (SSSR count). The number of hydrogen-bond acceptors (Lipinski definition) is 3. The van der Waals surface area contributed by atoms with Crippen molar-refractivity contribution >= 4 is 12.4 Å². The number of aliphatic carboxylic acids is 1. The van der Waals surface area contributed by atoms with Crippen molar-refractivity contribution in [1.29, 1.82) is 5.26 Å². The summed E-state index contributed by atoms with van der Waals surface area (Å²) in [5.74, 6) is -1.36. The van der Waals surface area contributed by atoms with Gasteiger partial charge in [-0.15, -0.1) is 0 Å². The van der Waals surface area contributed by atoms with Gasteiger partial charge in [0.2, 0.25) is 12.5 Å². The number of nitriles is 1. The molecule has 0 heterocycles. The summed E-state index contributed by atoms with van der Waals surface area (Å²) in [6, 6.07) is -0.0677. The summed E-state index contributed by atoms with van der Waals surface area (Å²) in [4.78, 5) is 19.4. The smallest absolute Gasteiger partial charge is 0.341 e. The van der Waals surface area contributed by atoms with Gasteiger partial charge < -0.3 is 10.4 Å². The standard InChI is InChI=1S/C4H4N2O3/c5-1-3(4(8)9)6-2-7/h2-3H,(H,6,7)(H,8,9). The van der Waals surface area contributed by atoms with Crippen LogP contribution in [0.5, 0.6) is 0 Å². The highest BCUT2D eigenvalue weighted by Crippen LogP contribution is 1.75. The summed E-state index contributed by atoms with van der Waals surface area (Å²) in [5.41, 5.74) is 0. The first-order valence-corrected chi connectivity index (χ1v) is 2.04. The summed E-state index contributed by atoms with van der Waals surface area (Å²) in [7, 11) is 0. The van der Waals surface area contributed by atoms with Gasteiger partial charge in [-0.25, -0.2) is 4.79 Å². The fourth-order valence-electron chi connectivity index (χ4n) is 0.232. The number of carboxylic acids is 1. The number of nitrogens with zero attached hydrogens (tertiary/aromatic N) is 1. The Morgan fingerprint density at radius 1 is 1.89 bits per heavy atom. The van der Waals surface area contributed by atoms with Gasteiger partial charge in [0.05, 0.1) is 6.07 Å². The summed E-state index contributed by atoms with van der Waals surface area (Å²) < 4.78 is 0. The number of carboxylic acid groups (broad SMARTS) is 1. The molecule has 0 aliphatic rings. The fraction of sp³-hybridized carbons (Fsp3) is 0.250. The van der Waals surface area contributed by atoms with Crippen LogP contribution in [0.25, 0.3) is 0 Å². The minimum Gasteiger partial charge on any atom is -0.479 e. The van der Waals surface area contributed by atoms with Gasteiger partial charge in [-0.05, 0) is 0 Å². The number of carbonyl (C=O) groups is 2. The SMILES string of the molecule is N#CC(NC=O)C(=O)O. The van der Waals surface area contributed by atoms with E-state index in [1.165, 1.54) is 6.07 Å². The zero-order chi connectivity index (χ0) is 7.28. The molecule has 1 amide bonds. The molecular weight excluding hydrogens is 124 g/mol. The van der Waals surface area contributed by atoms with Crippen LogP contribution in [0.15, 0.2) is 0 Å². The van der Waals surface area contributed by atoms with Crippen molar-refractivity contribution in [3.63, 3.8) is 0 Å². The maximum absolute atomic E-state index is 9.88. The van der Waals surface area contributed by atoms with Crippen LogP contribution in [0.3, 0.4) is 0 Å². The van der Waals surface area contributed by atoms with Crippen LogP contribution in [-0.4, -0.2) is 23.5 Å². The highest BCUT2D eigenvalue weighted by atomic mass is 16.4. The molecule has 48 valence electrons. The third kappa shape index (κ3) is 2.29. The fourth-order valence-corrected chi connectivity index (χ4v) is 0.232. The average Bonchev–Trinajstić information content (AvgIpc) is 1.82. The lowest BCUT2D eigenvalue weighted by Crippen LogP contribution is -2.33. The molecule has 0 saturated heterocycles. The third-order valence-corrected chi connectivity index (χ3v) is 0.611. The second kappa shape index (κ2) is 3.43. The van der Waals surface area contributed by atoms with E-state index in [2.05, 4.69) is 0 Å². The van der Waals surface area contributed by atoms with Gasteiger partial charge in [-0.1, -0.05) is 0 Å². The summed E-state index contributed by atoms with van der Waals surface area (Å²) >= 11 is 0. The van der Waals surface area contributed by atoms with Gasteiger partial charge in [0, 0.05) is 0 Å². The van der Waals surface area contributed by atoms with Gasteiger partial charge in [0.25, 0.3) is 0 Å². The number of rotatable bonds is 3. The predicted octanol–water partition coefficient (Wildman–Crippen LogP) is -1.29. The summed E-state index contributed by atoms with van der Waals surface area (Å²) in [5, 5.41) is 17.8. The Morgan fingerprint density at radius 3 is 2.56 bits per heavy atom. The zero-order valence-corrected chi connectivity index (χ0v) is 4.37. The second-order valence-corrected chi connectivity index (χ2v) is 1.18. The maximum Gasteiger partial charge on any atom is 0.341 e. The highest BCUT2D eigenvalue weighted by Gasteiger charge is 2.13. The molecular formula is C4H4N2O3. The van der Waals surface area contributed by atoms with Gasteiger partial charge in [-0.2, -0.15) is 5.26 Å². The molecule has 0 spiro atoms. The first-order valence-electron chi connectivity index (χ1n) is 2.04. The van der Waals surface area contributed by atoms with Gasteiger partial charge >= 0.3 is 5.97 Å². The Kier molecular flexibility index (Phi) is 2.84. The van der Waals surface area contributed by atoms with Crippen LogP contribution in [0.2, 0.25) is 0 Å². The number of amides is 1. The first-order chi connectivity index (χ1) is 4.22. The van der Waals surface area contributed by atoms with E-state index < -0.39 is 12.0 Å². The van der Waals surface area contributed by atoms with Crippen molar-refractivity contribution in [1.82, 2.24) is 5.32 Å². The van der Waals surface area contributed by atoms with E-state index >= 15 is 0 Å². The Morgan fingerprint density at radius 2 is 2.44 bits per heavy atom. The summed E-state index contributed by atoms with van der Waals surface area (Å²) in [6.07, 6.45) is 0.169. The van der Waals surface area contributed by atoms with E-state index in [1.807, 2.05) is 0 Å². The van der Waals surface area contributed by atoms with E-state index in [1.54, 1.807) is 5.32 Å². The van der Waals surface area contributed by atoms with Crippen LogP contribution < -0.4 is 5.32 Å². The van der Waals surface area contributed by atoms with Gasteiger partial charge in [-0.3, -0.25) is 4.79 Å². The van der Waals surface area contributed by atoms with Crippen LogP contribution in [0.1, 0.15) is 0 Å². The molecule has 1 atom stereocenters. The molecule has 2 N–H and O–H groups in total. The lowest BCUT2D eigenvalue weighted by molar-refractivity contribution is -0.138. The van der Waals surface area contributed by atoms with Crippen molar-refractivity contribution < 1.29 is 14.7 Å². The van der Waals surface area contributed by atoms with Crippen LogP contribution in [0.4, 0.5) is 0 Å². The molecule has 5 nitrogen and oxygen atoms in total. The first kappa shape index (κ1) is 7.43. The number of nitrogens with one attached hydrogen (secondary N) is 1. The van der Waals surface area contributed by atoms with Crippen molar-refractivity contribution in [2.24, 2.45) is 0 Å². The summed E-state index contributed by atoms with van der Waals surface area (Å²) in [6.45, 7) is 0. The minimum atomic E-state index is -1.43. The van der Waals surface area contributed by atoms with Gasteiger partial charge in [0.1, 0.15) is 0 Å². The molecule has 0 aromatic heterocycles. The average molecular weight is 128 g/mol. The molecule has 0 aliphatic heterocycles. The molecule has 0 aromatic carbocycles. The molecule has 0 aliphatic carbocycles. The minimum absolute atomic E-state index is 0.169. The molecule has 0 aromatic rings. The van der Waals surface area contributed by atoms with E-state index in [-0.39, 0.29) is 6.41 Å². The largest absolute Gasteiger partial charge is 0.479 e. The highest BCUT2D eigenvalue weighted by molar-refractivity contribution is 5.79. The molecule has 0 saturated carbocycles. The van der Waals surface area contributed by atoms with Crippen LogP contribution in [0, 0.1) is 11.3 Å². The van der Waals surface area contributed by atoms with E-state index in [0.29, 0.717) is 0 Å². The normalized spacial score (nSPS) is 11.0. The quantitative estimate of drug-likeness (QED) is 0.462. The van der Waals surface area contributed by atoms with Crippen LogP contribution >= 0.6 is 0 Å². The Balaban J connectivity index is 3.86.